The molecule has 4 aliphatic heterocycles. The van der Waals surface area contributed by atoms with E-state index < -0.39 is 23.5 Å². The fraction of sp³-hybridized carbons (Fsp3) is 0.333. The van der Waals surface area contributed by atoms with Crippen molar-refractivity contribution < 1.29 is 33.3 Å². The molecule has 2 saturated heterocycles. The van der Waals surface area contributed by atoms with E-state index in [1.54, 1.807) is 42.3 Å². The molecule has 4 heterocycles. The minimum absolute atomic E-state index is 0.145. The lowest BCUT2D eigenvalue weighted by atomic mass is 9.77. The fourth-order valence-electron chi connectivity index (χ4n) is 5.21. The van der Waals surface area contributed by atoms with E-state index in [9.17, 15) is 9.59 Å². The van der Waals surface area contributed by atoms with Crippen molar-refractivity contribution in [2.75, 3.05) is 37.8 Å². The predicted octanol–water partition coefficient (Wildman–Crippen LogP) is 2.36. The van der Waals surface area contributed by atoms with E-state index in [1.807, 2.05) is 18.2 Å². The summed E-state index contributed by atoms with van der Waals surface area (Å²) in [5, 5.41) is 2.92. The van der Waals surface area contributed by atoms with Gasteiger partial charge in [0.2, 0.25) is 18.6 Å². The number of hydrogen-bond acceptors (Lipinski definition) is 7. The highest BCUT2D eigenvalue weighted by Gasteiger charge is 2.67. The van der Waals surface area contributed by atoms with E-state index in [4.69, 9.17) is 23.7 Å². The zero-order valence-electron chi connectivity index (χ0n) is 18.1. The summed E-state index contributed by atoms with van der Waals surface area (Å²) in [6.45, 7) is 0.495. The van der Waals surface area contributed by atoms with Gasteiger partial charge in [0.05, 0.1) is 38.7 Å². The zero-order valence-corrected chi connectivity index (χ0v) is 18.1. The maximum Gasteiger partial charge on any atom is 0.234 e. The first-order valence-electron chi connectivity index (χ1n) is 10.6. The molecule has 2 amide bonds. The Morgan fingerprint density at radius 3 is 2.73 bits per heavy atom. The quantitative estimate of drug-likeness (QED) is 0.699. The Balaban J connectivity index is 1.27. The monoisotopic (exact) mass is 450 g/mol. The molecule has 4 atom stereocenters. The number of fused-ring (bicyclic) bond motifs is 2. The van der Waals surface area contributed by atoms with Gasteiger partial charge in [-0.2, -0.15) is 0 Å². The minimum atomic E-state index is -0.822. The number of ether oxygens (including phenoxy) is 5. The van der Waals surface area contributed by atoms with E-state index in [-0.39, 0.29) is 18.6 Å². The lowest BCUT2D eigenvalue weighted by Gasteiger charge is -2.23. The van der Waals surface area contributed by atoms with Crippen molar-refractivity contribution in [3.05, 3.63) is 48.6 Å². The average molecular weight is 450 g/mol. The van der Waals surface area contributed by atoms with Crippen LogP contribution in [-0.4, -0.2) is 51.1 Å². The van der Waals surface area contributed by atoms with Crippen LogP contribution in [0.4, 0.5) is 11.4 Å². The Kier molecular flexibility index (Phi) is 4.31. The van der Waals surface area contributed by atoms with Gasteiger partial charge in [-0.05, 0) is 24.3 Å². The maximum absolute atomic E-state index is 13.5. The van der Waals surface area contributed by atoms with Crippen LogP contribution in [0.15, 0.2) is 48.6 Å². The van der Waals surface area contributed by atoms with Gasteiger partial charge in [-0.25, -0.2) is 0 Å². The first-order chi connectivity index (χ1) is 16.0. The third-order valence-electron chi connectivity index (χ3n) is 6.72. The van der Waals surface area contributed by atoms with Gasteiger partial charge in [0.15, 0.2) is 23.0 Å². The van der Waals surface area contributed by atoms with Crippen LogP contribution in [0, 0.1) is 11.8 Å². The molecule has 0 aliphatic carbocycles. The highest BCUT2D eigenvalue weighted by atomic mass is 16.7. The molecule has 33 heavy (non-hydrogen) atoms. The SMILES string of the molecule is COc1ccc(NC(=O)C2C3C(=O)N(c4ccc5c(c4)OCO5)C[C@@]34C=C[C@@H]2O4)cc1OC. The van der Waals surface area contributed by atoms with Crippen LogP contribution in [0.3, 0.4) is 0 Å². The summed E-state index contributed by atoms with van der Waals surface area (Å²) in [5.74, 6) is 0.629. The van der Waals surface area contributed by atoms with Crippen molar-refractivity contribution in [1.82, 2.24) is 0 Å². The van der Waals surface area contributed by atoms with Gasteiger partial charge in [0, 0.05) is 23.5 Å². The first-order valence-corrected chi connectivity index (χ1v) is 10.6. The van der Waals surface area contributed by atoms with Crippen molar-refractivity contribution in [2.45, 2.75) is 11.7 Å². The van der Waals surface area contributed by atoms with Crippen molar-refractivity contribution in [3.8, 4) is 23.0 Å². The van der Waals surface area contributed by atoms with Gasteiger partial charge >= 0.3 is 0 Å². The first kappa shape index (κ1) is 19.9. The highest BCUT2D eigenvalue weighted by Crippen LogP contribution is 2.53. The molecule has 0 radical (unpaired) electrons. The molecule has 2 aromatic rings. The van der Waals surface area contributed by atoms with Gasteiger partial charge in [-0.1, -0.05) is 12.2 Å². The number of hydrogen-bond donors (Lipinski definition) is 1. The molecule has 4 aliphatic rings. The third-order valence-corrected chi connectivity index (χ3v) is 6.72. The number of rotatable bonds is 5. The highest BCUT2D eigenvalue weighted by molar-refractivity contribution is 6.05. The van der Waals surface area contributed by atoms with E-state index >= 15 is 0 Å². The number of nitrogens with zero attached hydrogens (tertiary/aromatic N) is 1. The largest absolute Gasteiger partial charge is 0.493 e. The van der Waals surface area contributed by atoms with Crippen molar-refractivity contribution in [3.63, 3.8) is 0 Å². The molecule has 1 N–H and O–H groups in total. The molecule has 0 aromatic heterocycles. The molecular weight excluding hydrogens is 428 g/mol. The topological polar surface area (TPSA) is 95.6 Å². The predicted molar refractivity (Wildman–Crippen MR) is 117 cm³/mol. The van der Waals surface area contributed by atoms with Gasteiger partial charge in [-0.15, -0.1) is 0 Å². The third kappa shape index (κ3) is 2.88. The van der Waals surface area contributed by atoms with Crippen molar-refractivity contribution in [2.24, 2.45) is 11.8 Å². The molecule has 1 spiro atoms. The summed E-state index contributed by atoms with van der Waals surface area (Å²) >= 11 is 0. The van der Waals surface area contributed by atoms with E-state index in [0.717, 1.165) is 0 Å². The second-order valence-corrected chi connectivity index (χ2v) is 8.42. The lowest BCUT2D eigenvalue weighted by Crippen LogP contribution is -2.41. The van der Waals surface area contributed by atoms with Gasteiger partial charge in [-0.3, -0.25) is 9.59 Å². The molecule has 6 rings (SSSR count). The second kappa shape index (κ2) is 7.14. The summed E-state index contributed by atoms with van der Waals surface area (Å²) in [6.07, 6.45) is 3.36. The maximum atomic E-state index is 13.5. The molecule has 2 aromatic carbocycles. The number of benzene rings is 2. The van der Waals surface area contributed by atoms with Gasteiger partial charge in [0.1, 0.15) is 5.60 Å². The summed E-state index contributed by atoms with van der Waals surface area (Å²) in [4.78, 5) is 28.5. The smallest absolute Gasteiger partial charge is 0.234 e. The Bertz CT molecular complexity index is 1200. The Morgan fingerprint density at radius 1 is 1.09 bits per heavy atom. The normalized spacial score (nSPS) is 28.2. The number of carbonyl (C=O) groups is 2. The lowest BCUT2D eigenvalue weighted by molar-refractivity contribution is -0.128. The second-order valence-electron chi connectivity index (χ2n) is 8.42. The van der Waals surface area contributed by atoms with Crippen LogP contribution in [0.1, 0.15) is 0 Å². The van der Waals surface area contributed by atoms with Gasteiger partial charge < -0.3 is 33.9 Å². The molecule has 2 unspecified atom stereocenters. The standard InChI is InChI=1S/C24H22N2O7/c1-29-15-5-3-13(9-18(15)30-2)25-22(27)20-17-7-8-24(33-17)11-26(23(28)21(20)24)14-4-6-16-19(10-14)32-12-31-16/h3-10,17,20-21H,11-12H2,1-2H3,(H,25,27)/t17-,20?,21?,24-/m0/s1. The Labute approximate surface area is 189 Å². The van der Waals surface area contributed by atoms with E-state index in [0.29, 0.717) is 40.9 Å². The summed E-state index contributed by atoms with van der Waals surface area (Å²) in [6, 6.07) is 10.5. The average Bonchev–Trinajstić information content (AvgIpc) is 3.59. The van der Waals surface area contributed by atoms with Crippen molar-refractivity contribution in [1.29, 1.82) is 0 Å². The summed E-state index contributed by atoms with van der Waals surface area (Å²) in [5.41, 5.74) is 0.418. The molecule has 0 saturated carbocycles. The number of methoxy groups -OCH3 is 2. The van der Waals surface area contributed by atoms with Crippen LogP contribution in [0.5, 0.6) is 23.0 Å². The molecule has 2 bridgehead atoms. The van der Waals surface area contributed by atoms with E-state index in [2.05, 4.69) is 5.32 Å². The number of nitrogens with one attached hydrogen (secondary N) is 1. The van der Waals surface area contributed by atoms with Crippen LogP contribution in [-0.2, 0) is 14.3 Å². The van der Waals surface area contributed by atoms with Crippen LogP contribution in [0.2, 0.25) is 0 Å². The molecule has 2 fully saturated rings. The minimum Gasteiger partial charge on any atom is -0.493 e. The van der Waals surface area contributed by atoms with Gasteiger partial charge in [0.25, 0.3) is 0 Å². The number of carbonyl (C=O) groups excluding carboxylic acids is 2. The molecule has 9 heteroatoms. The zero-order chi connectivity index (χ0) is 22.7. The van der Waals surface area contributed by atoms with Crippen LogP contribution >= 0.6 is 0 Å². The Hall–Kier alpha value is -3.72. The fourth-order valence-corrected chi connectivity index (χ4v) is 5.21. The van der Waals surface area contributed by atoms with Crippen LogP contribution < -0.4 is 29.2 Å². The Morgan fingerprint density at radius 2 is 1.91 bits per heavy atom. The number of anilines is 2. The van der Waals surface area contributed by atoms with Crippen LogP contribution in [0.25, 0.3) is 0 Å². The molecular formula is C24H22N2O7. The van der Waals surface area contributed by atoms with E-state index in [1.165, 1.54) is 7.11 Å². The number of amides is 2. The van der Waals surface area contributed by atoms with Crippen molar-refractivity contribution >= 4 is 23.2 Å². The summed E-state index contributed by atoms with van der Waals surface area (Å²) in [7, 11) is 3.08. The molecule has 170 valence electrons. The summed E-state index contributed by atoms with van der Waals surface area (Å²) < 4.78 is 27.6. The molecule has 9 nitrogen and oxygen atoms in total.